The maximum Gasteiger partial charge on any atom is 0.313 e. The number of aliphatic hydroxyl groups excluding tert-OH is 1. The Morgan fingerprint density at radius 3 is 2.33 bits per heavy atom. The van der Waals surface area contributed by atoms with E-state index >= 15 is 0 Å². The molecule has 5 nitrogen and oxygen atoms in total. The quantitative estimate of drug-likeness (QED) is 0.713. The molecule has 3 N–H and O–H groups in total. The predicted octanol–water partition coefficient (Wildman–Crippen LogP) is 2.43. The van der Waals surface area contributed by atoms with Crippen molar-refractivity contribution < 1.29 is 14.7 Å². The first-order valence-electron chi connectivity index (χ1n) is 8.01. The topological polar surface area (TPSA) is 78.4 Å². The van der Waals surface area contributed by atoms with Crippen molar-refractivity contribution in [3.63, 3.8) is 0 Å². The molecule has 24 heavy (non-hydrogen) atoms. The summed E-state index contributed by atoms with van der Waals surface area (Å²) in [5.74, 6) is -1.52. The lowest BCUT2D eigenvalue weighted by molar-refractivity contribution is -0.136. The van der Waals surface area contributed by atoms with Gasteiger partial charge in [0.1, 0.15) is 0 Å². The lowest BCUT2D eigenvalue weighted by Gasteiger charge is -2.17. The predicted molar refractivity (Wildman–Crippen MR) is 93.5 cm³/mol. The van der Waals surface area contributed by atoms with E-state index < -0.39 is 17.9 Å². The molecule has 1 unspecified atom stereocenters. The van der Waals surface area contributed by atoms with Crippen molar-refractivity contribution in [2.75, 3.05) is 11.9 Å². The molecule has 0 aromatic heterocycles. The molecule has 0 heterocycles. The summed E-state index contributed by atoms with van der Waals surface area (Å²) in [7, 11) is 0. The fraction of sp³-hybridized carbons (Fsp3) is 0.263. The van der Waals surface area contributed by atoms with Gasteiger partial charge in [-0.05, 0) is 23.6 Å². The molecule has 1 atom stereocenters. The van der Waals surface area contributed by atoms with Gasteiger partial charge in [-0.1, -0.05) is 61.9 Å². The average molecular weight is 326 g/mol. The number of para-hydroxylation sites is 1. The molecule has 0 saturated heterocycles. The van der Waals surface area contributed by atoms with E-state index in [1.165, 1.54) is 0 Å². The largest absolute Gasteiger partial charge is 0.394 e. The van der Waals surface area contributed by atoms with Gasteiger partial charge in [0.15, 0.2) is 0 Å². The molecule has 0 aliphatic heterocycles. The van der Waals surface area contributed by atoms with Gasteiger partial charge < -0.3 is 15.7 Å². The minimum absolute atomic E-state index is 0.282. The summed E-state index contributed by atoms with van der Waals surface area (Å²) in [4.78, 5) is 24.3. The van der Waals surface area contributed by atoms with Crippen LogP contribution in [0.25, 0.3) is 0 Å². The van der Waals surface area contributed by atoms with Crippen LogP contribution in [0.4, 0.5) is 5.69 Å². The van der Waals surface area contributed by atoms with Gasteiger partial charge in [0, 0.05) is 5.69 Å². The summed E-state index contributed by atoms with van der Waals surface area (Å²) in [6.45, 7) is 1.77. The molecular weight excluding hydrogens is 304 g/mol. The Bertz CT molecular complexity index is 686. The van der Waals surface area contributed by atoms with E-state index in [2.05, 4.69) is 17.6 Å². The molecule has 0 bridgehead atoms. The van der Waals surface area contributed by atoms with E-state index in [0.29, 0.717) is 5.69 Å². The van der Waals surface area contributed by atoms with Crippen molar-refractivity contribution in [3.8, 4) is 0 Å². The van der Waals surface area contributed by atoms with Crippen molar-refractivity contribution in [3.05, 3.63) is 65.7 Å². The molecule has 0 fully saturated rings. The number of aliphatic hydroxyl groups is 1. The number of hydrogen-bond donors (Lipinski definition) is 3. The Morgan fingerprint density at radius 1 is 1.00 bits per heavy atom. The molecular formula is C19H22N2O3. The van der Waals surface area contributed by atoms with Crippen LogP contribution < -0.4 is 10.6 Å². The maximum absolute atomic E-state index is 12.1. The molecule has 126 valence electrons. The third-order valence-corrected chi connectivity index (χ3v) is 3.68. The highest BCUT2D eigenvalue weighted by Gasteiger charge is 2.20. The van der Waals surface area contributed by atoms with Gasteiger partial charge in [-0.2, -0.15) is 0 Å². The fourth-order valence-electron chi connectivity index (χ4n) is 2.45. The zero-order chi connectivity index (χ0) is 17.4. The zero-order valence-corrected chi connectivity index (χ0v) is 13.7. The Hall–Kier alpha value is -2.66. The summed E-state index contributed by atoms with van der Waals surface area (Å²) >= 11 is 0. The first-order valence-corrected chi connectivity index (χ1v) is 8.01. The lowest BCUT2D eigenvalue weighted by Crippen LogP contribution is -2.39. The van der Waals surface area contributed by atoms with Crippen LogP contribution in [0.5, 0.6) is 0 Å². The number of aryl methyl sites for hydroxylation is 1. The number of nitrogens with one attached hydrogen (secondary N) is 2. The van der Waals surface area contributed by atoms with Crippen LogP contribution in [0.2, 0.25) is 0 Å². The van der Waals surface area contributed by atoms with Gasteiger partial charge in [0.05, 0.1) is 12.6 Å². The Kier molecular flexibility index (Phi) is 6.51. The number of carbonyl (C=O) groups is 2. The summed E-state index contributed by atoms with van der Waals surface area (Å²) < 4.78 is 0. The van der Waals surface area contributed by atoms with Gasteiger partial charge in [0.25, 0.3) is 0 Å². The van der Waals surface area contributed by atoms with Crippen LogP contribution >= 0.6 is 0 Å². The number of anilines is 1. The molecule has 5 heteroatoms. The number of benzene rings is 2. The first-order chi connectivity index (χ1) is 11.7. The van der Waals surface area contributed by atoms with E-state index in [-0.39, 0.29) is 6.61 Å². The zero-order valence-electron chi connectivity index (χ0n) is 13.7. The van der Waals surface area contributed by atoms with Crippen LogP contribution in [0.3, 0.4) is 0 Å². The highest BCUT2D eigenvalue weighted by atomic mass is 16.3. The summed E-state index contributed by atoms with van der Waals surface area (Å²) in [5.41, 5.74) is 2.37. The summed E-state index contributed by atoms with van der Waals surface area (Å²) in [6.07, 6.45) is 1.76. The van der Waals surface area contributed by atoms with Crippen LogP contribution in [-0.2, 0) is 16.0 Å². The minimum Gasteiger partial charge on any atom is -0.394 e. The Balaban J connectivity index is 2.03. The summed E-state index contributed by atoms with van der Waals surface area (Å²) in [6, 6.07) is 15.8. The standard InChI is InChI=1S/C19H22N2O3/c1-2-8-14-11-6-7-12-16(14)20-18(23)19(24)21-17(13-22)15-9-4-3-5-10-15/h3-7,9-12,17,22H,2,8,13H2,1H3,(H,20,23)(H,21,24). The number of amides is 2. The van der Waals surface area contributed by atoms with Crippen molar-refractivity contribution in [2.45, 2.75) is 25.8 Å². The molecule has 0 radical (unpaired) electrons. The number of hydrogen-bond acceptors (Lipinski definition) is 3. The second-order valence-electron chi connectivity index (χ2n) is 5.48. The lowest BCUT2D eigenvalue weighted by atomic mass is 10.1. The van der Waals surface area contributed by atoms with E-state index in [0.717, 1.165) is 24.0 Å². The normalized spacial score (nSPS) is 11.6. The summed E-state index contributed by atoms with van der Waals surface area (Å²) in [5, 5.41) is 14.7. The van der Waals surface area contributed by atoms with Crippen molar-refractivity contribution in [1.82, 2.24) is 5.32 Å². The van der Waals surface area contributed by atoms with E-state index in [4.69, 9.17) is 0 Å². The van der Waals surface area contributed by atoms with Gasteiger partial charge in [0.2, 0.25) is 0 Å². The minimum atomic E-state index is -0.774. The monoisotopic (exact) mass is 326 g/mol. The third-order valence-electron chi connectivity index (χ3n) is 3.68. The van der Waals surface area contributed by atoms with E-state index in [1.54, 1.807) is 18.2 Å². The second-order valence-corrected chi connectivity index (χ2v) is 5.48. The Labute approximate surface area is 141 Å². The van der Waals surface area contributed by atoms with E-state index in [9.17, 15) is 14.7 Å². The van der Waals surface area contributed by atoms with Crippen LogP contribution in [-0.4, -0.2) is 23.5 Å². The van der Waals surface area contributed by atoms with Gasteiger partial charge >= 0.3 is 11.8 Å². The highest BCUT2D eigenvalue weighted by Crippen LogP contribution is 2.17. The number of carbonyl (C=O) groups excluding carboxylic acids is 2. The molecule has 2 aromatic rings. The fourth-order valence-corrected chi connectivity index (χ4v) is 2.45. The Morgan fingerprint density at radius 2 is 1.67 bits per heavy atom. The van der Waals surface area contributed by atoms with E-state index in [1.807, 2.05) is 36.4 Å². The maximum atomic E-state index is 12.1. The molecule has 0 aliphatic carbocycles. The molecule has 0 aliphatic rings. The van der Waals surface area contributed by atoms with Crippen LogP contribution in [0.1, 0.15) is 30.5 Å². The van der Waals surface area contributed by atoms with Gasteiger partial charge in [-0.15, -0.1) is 0 Å². The van der Waals surface area contributed by atoms with Crippen LogP contribution in [0, 0.1) is 0 Å². The molecule has 2 aromatic carbocycles. The van der Waals surface area contributed by atoms with Gasteiger partial charge in [-0.3, -0.25) is 9.59 Å². The van der Waals surface area contributed by atoms with Gasteiger partial charge in [-0.25, -0.2) is 0 Å². The molecule has 0 saturated carbocycles. The van der Waals surface area contributed by atoms with Crippen molar-refractivity contribution in [1.29, 1.82) is 0 Å². The second kappa shape index (κ2) is 8.84. The van der Waals surface area contributed by atoms with Crippen molar-refractivity contribution in [2.24, 2.45) is 0 Å². The smallest absolute Gasteiger partial charge is 0.313 e. The van der Waals surface area contributed by atoms with Crippen LogP contribution in [0.15, 0.2) is 54.6 Å². The highest BCUT2D eigenvalue weighted by molar-refractivity contribution is 6.39. The first kappa shape index (κ1) is 17.7. The molecule has 2 amide bonds. The van der Waals surface area contributed by atoms with Crippen molar-refractivity contribution >= 4 is 17.5 Å². The molecule has 2 rings (SSSR count). The SMILES string of the molecule is CCCc1ccccc1NC(=O)C(=O)NC(CO)c1ccccc1. The third kappa shape index (κ3) is 4.67. The molecule has 0 spiro atoms. The number of rotatable bonds is 6. The average Bonchev–Trinajstić information content (AvgIpc) is 2.62.